The molecule has 0 radical (unpaired) electrons. The van der Waals surface area contributed by atoms with Crippen LogP contribution in [-0.4, -0.2) is 84.3 Å². The molecule has 0 amide bonds. The van der Waals surface area contributed by atoms with Crippen LogP contribution in [0.1, 0.15) is 51.4 Å². The number of likely N-dealkylation sites (tertiary alicyclic amines) is 1. The van der Waals surface area contributed by atoms with E-state index in [0.717, 1.165) is 42.2 Å². The van der Waals surface area contributed by atoms with Gasteiger partial charge >= 0.3 is 0 Å². The van der Waals surface area contributed by atoms with Gasteiger partial charge in [0, 0.05) is 44.4 Å². The largest absolute Gasteiger partial charge is 0.396 e. The van der Waals surface area contributed by atoms with Crippen LogP contribution in [0.25, 0.3) is 0 Å². The lowest BCUT2D eigenvalue weighted by Crippen LogP contribution is -2.64. The molecule has 4 heteroatoms. The van der Waals surface area contributed by atoms with Crippen molar-refractivity contribution in [3.63, 3.8) is 0 Å². The highest BCUT2D eigenvalue weighted by Crippen LogP contribution is 2.55. The van der Waals surface area contributed by atoms with Crippen LogP contribution in [0.15, 0.2) is 0 Å². The molecule has 2 aliphatic heterocycles. The van der Waals surface area contributed by atoms with Crippen LogP contribution in [-0.2, 0) is 0 Å². The minimum absolute atomic E-state index is 0.350. The van der Waals surface area contributed by atoms with Gasteiger partial charge in [-0.2, -0.15) is 0 Å². The summed E-state index contributed by atoms with van der Waals surface area (Å²) in [5.74, 6) is 4.14. The van der Waals surface area contributed by atoms with Crippen molar-refractivity contribution in [2.24, 2.45) is 23.7 Å². The lowest BCUT2D eigenvalue weighted by atomic mass is 9.53. The summed E-state index contributed by atoms with van der Waals surface area (Å²) in [6.45, 7) is 6.57. The van der Waals surface area contributed by atoms with Gasteiger partial charge in [0.1, 0.15) is 0 Å². The highest BCUT2D eigenvalue weighted by Gasteiger charge is 2.51. The number of aliphatic hydroxyl groups is 1. The van der Waals surface area contributed by atoms with Gasteiger partial charge in [0.15, 0.2) is 0 Å². The number of piperazine rings is 1. The number of hydrogen-bond donors (Lipinski definition) is 1. The SMILES string of the molecule is CN1CCC(N2CCN(C3C4CC5CC(C4)CC3C5)CC2CCO)CC1. The van der Waals surface area contributed by atoms with E-state index >= 15 is 0 Å². The fraction of sp³-hybridized carbons (Fsp3) is 1.00. The molecular formula is C22H39N3O. The molecule has 2 saturated heterocycles. The van der Waals surface area contributed by atoms with E-state index in [0.29, 0.717) is 12.6 Å². The Morgan fingerprint density at radius 1 is 0.846 bits per heavy atom. The van der Waals surface area contributed by atoms with Gasteiger partial charge in [-0.3, -0.25) is 9.80 Å². The molecule has 6 aliphatic rings. The van der Waals surface area contributed by atoms with Crippen molar-refractivity contribution < 1.29 is 5.11 Å². The van der Waals surface area contributed by atoms with E-state index in [1.165, 1.54) is 71.2 Å². The Bertz CT molecular complexity index is 462. The van der Waals surface area contributed by atoms with E-state index in [1.807, 2.05) is 0 Å². The zero-order valence-corrected chi connectivity index (χ0v) is 16.7. The first-order valence-corrected chi connectivity index (χ1v) is 11.5. The van der Waals surface area contributed by atoms with E-state index in [2.05, 4.69) is 21.7 Å². The quantitative estimate of drug-likeness (QED) is 0.832. The fourth-order valence-electron chi connectivity index (χ4n) is 7.87. The van der Waals surface area contributed by atoms with Gasteiger partial charge in [0.05, 0.1) is 0 Å². The van der Waals surface area contributed by atoms with Crippen molar-refractivity contribution in [1.29, 1.82) is 0 Å². The lowest BCUT2D eigenvalue weighted by molar-refractivity contribution is -0.0936. The second-order valence-electron chi connectivity index (χ2n) is 10.4. The Hall–Kier alpha value is -0.160. The average molecular weight is 362 g/mol. The van der Waals surface area contributed by atoms with Crippen LogP contribution in [0.2, 0.25) is 0 Å². The van der Waals surface area contributed by atoms with Crippen LogP contribution < -0.4 is 0 Å². The van der Waals surface area contributed by atoms with Crippen molar-refractivity contribution >= 4 is 0 Å². The number of nitrogens with zero attached hydrogens (tertiary/aromatic N) is 3. The Morgan fingerprint density at radius 2 is 1.50 bits per heavy atom. The average Bonchev–Trinajstić information content (AvgIpc) is 2.62. The highest BCUT2D eigenvalue weighted by molar-refractivity contribution is 5.04. The molecule has 0 aromatic carbocycles. The van der Waals surface area contributed by atoms with E-state index in [-0.39, 0.29) is 0 Å². The standard InChI is InChI=1S/C22H39N3O/c1-23-5-2-20(3-6-23)25-8-7-24(15-21(25)4-9-26)22-18-11-16-10-17(13-18)14-19(22)12-16/h16-22,26H,2-15H2,1H3. The van der Waals surface area contributed by atoms with E-state index in [4.69, 9.17) is 0 Å². The summed E-state index contributed by atoms with van der Waals surface area (Å²) in [7, 11) is 2.26. The van der Waals surface area contributed by atoms with E-state index in [1.54, 1.807) is 6.42 Å². The van der Waals surface area contributed by atoms with E-state index < -0.39 is 0 Å². The molecule has 4 saturated carbocycles. The van der Waals surface area contributed by atoms with Crippen molar-refractivity contribution in [3.8, 4) is 0 Å². The molecule has 4 bridgehead atoms. The molecule has 0 spiro atoms. The van der Waals surface area contributed by atoms with Crippen LogP contribution in [0, 0.1) is 23.7 Å². The Balaban J connectivity index is 1.26. The lowest BCUT2D eigenvalue weighted by Gasteiger charge is -2.59. The van der Waals surface area contributed by atoms with Gasteiger partial charge in [0.2, 0.25) is 0 Å². The van der Waals surface area contributed by atoms with E-state index in [9.17, 15) is 5.11 Å². The van der Waals surface area contributed by atoms with Gasteiger partial charge < -0.3 is 10.0 Å². The van der Waals surface area contributed by atoms with Gasteiger partial charge in [-0.1, -0.05) is 0 Å². The molecular weight excluding hydrogens is 322 g/mol. The Kier molecular flexibility index (Phi) is 5.06. The zero-order chi connectivity index (χ0) is 17.7. The van der Waals surface area contributed by atoms with Crippen LogP contribution in [0.5, 0.6) is 0 Å². The minimum atomic E-state index is 0.350. The molecule has 4 nitrogen and oxygen atoms in total. The second-order valence-corrected chi connectivity index (χ2v) is 10.4. The van der Waals surface area contributed by atoms with Gasteiger partial charge in [0.25, 0.3) is 0 Å². The Morgan fingerprint density at radius 3 is 2.12 bits per heavy atom. The molecule has 6 rings (SSSR count). The van der Waals surface area contributed by atoms with Crippen LogP contribution >= 0.6 is 0 Å². The van der Waals surface area contributed by atoms with Gasteiger partial charge in [-0.25, -0.2) is 0 Å². The summed E-state index contributed by atoms with van der Waals surface area (Å²) >= 11 is 0. The summed E-state index contributed by atoms with van der Waals surface area (Å²) in [5.41, 5.74) is 0. The van der Waals surface area contributed by atoms with Crippen molar-refractivity contribution in [1.82, 2.24) is 14.7 Å². The Labute approximate surface area is 159 Å². The van der Waals surface area contributed by atoms with Crippen molar-refractivity contribution in [2.75, 3.05) is 46.4 Å². The zero-order valence-electron chi connectivity index (χ0n) is 16.7. The summed E-state index contributed by atoms with van der Waals surface area (Å²) in [6.07, 6.45) is 11.3. The number of piperidine rings is 1. The topological polar surface area (TPSA) is 30.0 Å². The minimum Gasteiger partial charge on any atom is -0.396 e. The fourth-order valence-corrected chi connectivity index (χ4v) is 7.87. The third-order valence-corrected chi connectivity index (χ3v) is 8.78. The second kappa shape index (κ2) is 7.35. The maximum Gasteiger partial charge on any atom is 0.0446 e. The molecule has 6 fully saturated rings. The highest BCUT2D eigenvalue weighted by atomic mass is 16.3. The third kappa shape index (κ3) is 3.25. The van der Waals surface area contributed by atoms with Gasteiger partial charge in [-0.15, -0.1) is 0 Å². The first-order chi connectivity index (χ1) is 12.7. The number of rotatable bonds is 4. The molecule has 148 valence electrons. The first-order valence-electron chi connectivity index (χ1n) is 11.5. The smallest absolute Gasteiger partial charge is 0.0446 e. The molecule has 1 N–H and O–H groups in total. The summed E-state index contributed by atoms with van der Waals surface area (Å²) in [4.78, 5) is 8.18. The van der Waals surface area contributed by atoms with Crippen LogP contribution in [0.4, 0.5) is 0 Å². The molecule has 0 aromatic rings. The molecule has 1 unspecified atom stereocenters. The maximum absolute atomic E-state index is 9.72. The molecule has 0 aromatic heterocycles. The number of aliphatic hydroxyl groups excluding tert-OH is 1. The third-order valence-electron chi connectivity index (χ3n) is 8.78. The van der Waals surface area contributed by atoms with Crippen molar-refractivity contribution in [2.45, 2.75) is 69.5 Å². The molecule has 4 aliphatic carbocycles. The molecule has 26 heavy (non-hydrogen) atoms. The normalized spacial score (nSPS) is 45.5. The predicted molar refractivity (Wildman–Crippen MR) is 105 cm³/mol. The summed E-state index contributed by atoms with van der Waals surface area (Å²) in [6, 6.07) is 2.21. The molecule has 2 heterocycles. The summed E-state index contributed by atoms with van der Waals surface area (Å²) in [5, 5.41) is 9.72. The number of hydrogen-bond acceptors (Lipinski definition) is 4. The van der Waals surface area contributed by atoms with Crippen molar-refractivity contribution in [3.05, 3.63) is 0 Å². The maximum atomic E-state index is 9.72. The monoisotopic (exact) mass is 361 g/mol. The van der Waals surface area contributed by atoms with Crippen LogP contribution in [0.3, 0.4) is 0 Å². The summed E-state index contributed by atoms with van der Waals surface area (Å²) < 4.78 is 0. The predicted octanol–water partition coefficient (Wildman–Crippen LogP) is 2.27. The molecule has 1 atom stereocenters. The van der Waals surface area contributed by atoms with Gasteiger partial charge in [-0.05, 0) is 95.2 Å². The first kappa shape index (κ1) is 17.9.